The summed E-state index contributed by atoms with van der Waals surface area (Å²) >= 11 is 0. The zero-order chi connectivity index (χ0) is 13.0. The van der Waals surface area contributed by atoms with Crippen LogP contribution < -0.4 is 15.8 Å². The summed E-state index contributed by atoms with van der Waals surface area (Å²) in [6.07, 6.45) is 6.18. The molecule has 1 fully saturated rings. The molecule has 3 N–H and O–H groups in total. The zero-order valence-corrected chi connectivity index (χ0v) is 11.1. The summed E-state index contributed by atoms with van der Waals surface area (Å²) in [5.41, 5.74) is 7.09. The standard InChI is InChI=1S/C13H22N4O/c1-3-18-13-9(2)12(15-8-16-13)17-11-7-5-4-6-10(11)14/h8,10-11H,3-7,14H2,1-2H3,(H,15,16,17)/t10-,11-/m1/s1. The van der Waals surface area contributed by atoms with Crippen LogP contribution in [0.25, 0.3) is 0 Å². The first-order valence-corrected chi connectivity index (χ1v) is 6.69. The van der Waals surface area contributed by atoms with Crippen molar-refractivity contribution in [2.24, 2.45) is 5.73 Å². The third kappa shape index (κ3) is 2.90. The number of hydrogen-bond donors (Lipinski definition) is 2. The molecule has 18 heavy (non-hydrogen) atoms. The van der Waals surface area contributed by atoms with E-state index in [0.717, 1.165) is 24.2 Å². The molecule has 2 atom stereocenters. The van der Waals surface area contributed by atoms with Crippen LogP contribution in [0.4, 0.5) is 5.82 Å². The number of aromatic nitrogens is 2. The molecule has 0 aromatic carbocycles. The van der Waals surface area contributed by atoms with E-state index in [0.29, 0.717) is 18.5 Å². The van der Waals surface area contributed by atoms with Crippen molar-refractivity contribution in [1.29, 1.82) is 0 Å². The lowest BCUT2D eigenvalue weighted by atomic mass is 9.91. The van der Waals surface area contributed by atoms with E-state index < -0.39 is 0 Å². The first-order valence-electron chi connectivity index (χ1n) is 6.69. The maximum absolute atomic E-state index is 6.14. The lowest BCUT2D eigenvalue weighted by Gasteiger charge is -2.30. The lowest BCUT2D eigenvalue weighted by Crippen LogP contribution is -2.42. The second kappa shape index (κ2) is 6.00. The van der Waals surface area contributed by atoms with Gasteiger partial charge in [-0.3, -0.25) is 0 Å². The maximum Gasteiger partial charge on any atom is 0.221 e. The molecule has 0 amide bonds. The smallest absolute Gasteiger partial charge is 0.221 e. The first kappa shape index (κ1) is 13.1. The molecule has 100 valence electrons. The molecule has 0 unspecified atom stereocenters. The molecule has 1 heterocycles. The molecule has 0 radical (unpaired) electrons. The van der Waals surface area contributed by atoms with E-state index in [1.165, 1.54) is 19.2 Å². The highest BCUT2D eigenvalue weighted by Crippen LogP contribution is 2.25. The van der Waals surface area contributed by atoms with Gasteiger partial charge in [0.05, 0.1) is 12.2 Å². The summed E-state index contributed by atoms with van der Waals surface area (Å²) in [6.45, 7) is 4.54. The molecular formula is C13H22N4O. The lowest BCUT2D eigenvalue weighted by molar-refractivity contribution is 0.323. The van der Waals surface area contributed by atoms with Gasteiger partial charge in [-0.15, -0.1) is 0 Å². The van der Waals surface area contributed by atoms with Crippen molar-refractivity contribution < 1.29 is 4.74 Å². The second-order valence-corrected chi connectivity index (χ2v) is 4.78. The Labute approximate surface area is 108 Å². The van der Waals surface area contributed by atoms with Gasteiger partial charge in [-0.1, -0.05) is 12.8 Å². The Kier molecular flexibility index (Phi) is 4.36. The van der Waals surface area contributed by atoms with Gasteiger partial charge in [-0.05, 0) is 26.7 Å². The van der Waals surface area contributed by atoms with E-state index in [2.05, 4.69) is 15.3 Å². The molecular weight excluding hydrogens is 228 g/mol. The highest BCUT2D eigenvalue weighted by molar-refractivity contribution is 5.48. The fourth-order valence-electron chi connectivity index (χ4n) is 2.38. The van der Waals surface area contributed by atoms with Crippen molar-refractivity contribution in [3.63, 3.8) is 0 Å². The van der Waals surface area contributed by atoms with Gasteiger partial charge >= 0.3 is 0 Å². The second-order valence-electron chi connectivity index (χ2n) is 4.78. The average Bonchev–Trinajstić information content (AvgIpc) is 2.37. The predicted octanol–water partition coefficient (Wildman–Crippen LogP) is 1.87. The Bertz CT molecular complexity index is 397. The third-order valence-corrected chi connectivity index (χ3v) is 3.46. The van der Waals surface area contributed by atoms with Gasteiger partial charge < -0.3 is 15.8 Å². The molecule has 1 aliphatic carbocycles. The van der Waals surface area contributed by atoms with Gasteiger partial charge in [0.2, 0.25) is 5.88 Å². The first-order chi connectivity index (χ1) is 8.72. The molecule has 5 heteroatoms. The number of anilines is 1. The van der Waals surface area contributed by atoms with Crippen LogP contribution in [-0.4, -0.2) is 28.7 Å². The van der Waals surface area contributed by atoms with Crippen molar-refractivity contribution in [3.05, 3.63) is 11.9 Å². The minimum atomic E-state index is 0.212. The Morgan fingerprint density at radius 2 is 2.17 bits per heavy atom. The van der Waals surface area contributed by atoms with E-state index >= 15 is 0 Å². The van der Waals surface area contributed by atoms with Crippen LogP contribution in [0.3, 0.4) is 0 Å². The van der Waals surface area contributed by atoms with Crippen LogP contribution in [-0.2, 0) is 0 Å². The fourth-order valence-corrected chi connectivity index (χ4v) is 2.38. The maximum atomic E-state index is 6.14. The number of nitrogens with one attached hydrogen (secondary N) is 1. The van der Waals surface area contributed by atoms with Gasteiger partial charge in [-0.25, -0.2) is 9.97 Å². The largest absolute Gasteiger partial charge is 0.478 e. The SMILES string of the molecule is CCOc1ncnc(N[C@@H]2CCCC[C@H]2N)c1C. The molecule has 0 aliphatic heterocycles. The number of rotatable bonds is 4. The Morgan fingerprint density at radius 3 is 2.89 bits per heavy atom. The van der Waals surface area contributed by atoms with Gasteiger partial charge in [-0.2, -0.15) is 0 Å². The Morgan fingerprint density at radius 1 is 1.39 bits per heavy atom. The van der Waals surface area contributed by atoms with Crippen LogP contribution >= 0.6 is 0 Å². The zero-order valence-electron chi connectivity index (χ0n) is 11.1. The molecule has 1 aliphatic rings. The van der Waals surface area contributed by atoms with Gasteiger partial charge in [0.15, 0.2) is 0 Å². The molecule has 1 aromatic heterocycles. The number of hydrogen-bond acceptors (Lipinski definition) is 5. The van der Waals surface area contributed by atoms with Crippen molar-refractivity contribution >= 4 is 5.82 Å². The summed E-state index contributed by atoms with van der Waals surface area (Å²) in [4.78, 5) is 8.43. The molecule has 1 saturated carbocycles. The van der Waals surface area contributed by atoms with Gasteiger partial charge in [0, 0.05) is 12.1 Å². The van der Waals surface area contributed by atoms with E-state index in [9.17, 15) is 0 Å². The summed E-state index contributed by atoms with van der Waals surface area (Å²) < 4.78 is 5.47. The number of nitrogens with zero attached hydrogens (tertiary/aromatic N) is 2. The third-order valence-electron chi connectivity index (χ3n) is 3.46. The topological polar surface area (TPSA) is 73.1 Å². The normalized spacial score (nSPS) is 23.7. The minimum Gasteiger partial charge on any atom is -0.478 e. The minimum absolute atomic E-state index is 0.212. The summed E-state index contributed by atoms with van der Waals surface area (Å²) in [5, 5.41) is 3.44. The summed E-state index contributed by atoms with van der Waals surface area (Å²) in [5.74, 6) is 1.50. The van der Waals surface area contributed by atoms with Crippen molar-refractivity contribution in [3.8, 4) is 5.88 Å². The van der Waals surface area contributed by atoms with E-state index in [-0.39, 0.29) is 6.04 Å². The average molecular weight is 250 g/mol. The molecule has 5 nitrogen and oxygen atoms in total. The van der Waals surface area contributed by atoms with Crippen LogP contribution in [0.15, 0.2) is 6.33 Å². The Balaban J connectivity index is 2.10. The van der Waals surface area contributed by atoms with Crippen LogP contribution in [0, 0.1) is 6.92 Å². The number of ether oxygens (including phenoxy) is 1. The van der Waals surface area contributed by atoms with E-state index in [1.807, 2.05) is 13.8 Å². The van der Waals surface area contributed by atoms with Crippen LogP contribution in [0.2, 0.25) is 0 Å². The van der Waals surface area contributed by atoms with Crippen LogP contribution in [0.1, 0.15) is 38.2 Å². The van der Waals surface area contributed by atoms with E-state index in [4.69, 9.17) is 10.5 Å². The Hall–Kier alpha value is -1.36. The molecule has 1 aromatic rings. The van der Waals surface area contributed by atoms with Crippen molar-refractivity contribution in [1.82, 2.24) is 9.97 Å². The van der Waals surface area contributed by atoms with Crippen molar-refractivity contribution in [2.75, 3.05) is 11.9 Å². The molecule has 0 spiro atoms. The highest BCUT2D eigenvalue weighted by atomic mass is 16.5. The summed E-state index contributed by atoms with van der Waals surface area (Å²) in [7, 11) is 0. The monoisotopic (exact) mass is 250 g/mol. The predicted molar refractivity (Wildman–Crippen MR) is 71.8 cm³/mol. The van der Waals surface area contributed by atoms with Gasteiger partial charge in [0.1, 0.15) is 12.1 Å². The fraction of sp³-hybridized carbons (Fsp3) is 0.692. The van der Waals surface area contributed by atoms with Crippen LogP contribution in [0.5, 0.6) is 5.88 Å². The molecule has 2 rings (SSSR count). The quantitative estimate of drug-likeness (QED) is 0.853. The molecule has 0 saturated heterocycles. The highest BCUT2D eigenvalue weighted by Gasteiger charge is 2.22. The number of nitrogens with two attached hydrogens (primary N) is 1. The molecule has 0 bridgehead atoms. The summed E-state index contributed by atoms with van der Waals surface area (Å²) in [6, 6.07) is 0.519. The van der Waals surface area contributed by atoms with Crippen molar-refractivity contribution in [2.45, 2.75) is 51.6 Å². The van der Waals surface area contributed by atoms with Gasteiger partial charge in [0.25, 0.3) is 0 Å². The van der Waals surface area contributed by atoms with E-state index in [1.54, 1.807) is 0 Å².